The lowest BCUT2D eigenvalue weighted by atomic mass is 10.1. The van der Waals surface area contributed by atoms with Crippen molar-refractivity contribution in [3.05, 3.63) is 29.6 Å². The fourth-order valence-electron chi connectivity index (χ4n) is 0.936. The van der Waals surface area contributed by atoms with E-state index in [0.717, 1.165) is 6.07 Å². The third-order valence-corrected chi connectivity index (χ3v) is 1.49. The third kappa shape index (κ3) is 2.45. The summed E-state index contributed by atoms with van der Waals surface area (Å²) in [5.74, 6) is -0.948. The van der Waals surface area contributed by atoms with Crippen LogP contribution in [0.15, 0.2) is 18.2 Å². The van der Waals surface area contributed by atoms with Gasteiger partial charge < -0.3 is 10.5 Å². The van der Waals surface area contributed by atoms with E-state index in [9.17, 15) is 9.18 Å². The highest BCUT2D eigenvalue weighted by atomic mass is 19.1. The fraction of sp³-hybridized carbons (Fsp3) is 0.111. The largest absolute Gasteiger partial charge is 0.410 e. The van der Waals surface area contributed by atoms with Crippen molar-refractivity contribution in [1.82, 2.24) is 0 Å². The SMILES string of the molecule is N#CCc1ccc(F)c(OC(N)=O)c1. The number of hydrogen-bond acceptors (Lipinski definition) is 3. The Kier molecular flexibility index (Phi) is 3.02. The van der Waals surface area contributed by atoms with Crippen LogP contribution in [0.5, 0.6) is 5.75 Å². The molecule has 1 aromatic rings. The van der Waals surface area contributed by atoms with Gasteiger partial charge in [0.25, 0.3) is 0 Å². The Labute approximate surface area is 79.7 Å². The molecule has 1 rings (SSSR count). The molecule has 4 nitrogen and oxygen atoms in total. The first-order valence-corrected chi connectivity index (χ1v) is 3.76. The van der Waals surface area contributed by atoms with Crippen LogP contribution in [0, 0.1) is 17.1 Å². The molecule has 5 heteroatoms. The average molecular weight is 194 g/mol. The summed E-state index contributed by atoms with van der Waals surface area (Å²) < 4.78 is 17.3. The van der Waals surface area contributed by atoms with Crippen LogP contribution in [0.25, 0.3) is 0 Å². The van der Waals surface area contributed by atoms with Crippen molar-refractivity contribution < 1.29 is 13.9 Å². The zero-order valence-electron chi connectivity index (χ0n) is 7.16. The van der Waals surface area contributed by atoms with Crippen molar-refractivity contribution >= 4 is 6.09 Å². The summed E-state index contributed by atoms with van der Waals surface area (Å²) in [7, 11) is 0. The molecule has 0 spiro atoms. The van der Waals surface area contributed by atoms with Gasteiger partial charge in [-0.15, -0.1) is 0 Å². The molecule has 0 saturated heterocycles. The van der Waals surface area contributed by atoms with Crippen LogP contribution in [-0.2, 0) is 6.42 Å². The van der Waals surface area contributed by atoms with Crippen molar-refractivity contribution in [2.75, 3.05) is 0 Å². The Morgan fingerprint density at radius 1 is 1.64 bits per heavy atom. The number of carbonyl (C=O) groups is 1. The first kappa shape index (κ1) is 9.99. The Bertz CT molecular complexity index is 398. The molecule has 0 saturated carbocycles. The molecule has 0 aliphatic heterocycles. The molecule has 0 aromatic heterocycles. The van der Waals surface area contributed by atoms with Crippen molar-refractivity contribution in [3.63, 3.8) is 0 Å². The van der Waals surface area contributed by atoms with Crippen molar-refractivity contribution in [1.29, 1.82) is 5.26 Å². The quantitative estimate of drug-likeness (QED) is 0.771. The second-order valence-corrected chi connectivity index (χ2v) is 2.52. The molecular weight excluding hydrogens is 187 g/mol. The van der Waals surface area contributed by atoms with E-state index in [-0.39, 0.29) is 12.2 Å². The van der Waals surface area contributed by atoms with Gasteiger partial charge in [-0.3, -0.25) is 0 Å². The molecule has 0 radical (unpaired) electrons. The van der Waals surface area contributed by atoms with E-state index in [4.69, 9.17) is 11.0 Å². The minimum Gasteiger partial charge on any atom is -0.407 e. The van der Waals surface area contributed by atoms with Crippen LogP contribution >= 0.6 is 0 Å². The van der Waals surface area contributed by atoms with E-state index < -0.39 is 11.9 Å². The van der Waals surface area contributed by atoms with Gasteiger partial charge in [0.1, 0.15) is 0 Å². The standard InChI is InChI=1S/C9H7FN2O2/c10-7-2-1-6(3-4-11)5-8(7)14-9(12)13/h1-2,5H,3H2,(H2,12,13). The Hall–Kier alpha value is -2.09. The van der Waals surface area contributed by atoms with Gasteiger partial charge in [-0.1, -0.05) is 6.07 Å². The van der Waals surface area contributed by atoms with Gasteiger partial charge in [0.2, 0.25) is 0 Å². The van der Waals surface area contributed by atoms with Gasteiger partial charge in [0.15, 0.2) is 11.6 Å². The Morgan fingerprint density at radius 3 is 2.93 bits per heavy atom. The second kappa shape index (κ2) is 4.23. The Balaban J connectivity index is 2.97. The number of benzene rings is 1. The molecule has 14 heavy (non-hydrogen) atoms. The predicted octanol–water partition coefficient (Wildman–Crippen LogP) is 1.35. The van der Waals surface area contributed by atoms with Crippen molar-refractivity contribution in [3.8, 4) is 11.8 Å². The molecule has 0 bridgehead atoms. The summed E-state index contributed by atoms with van der Waals surface area (Å²) >= 11 is 0. The lowest BCUT2D eigenvalue weighted by Crippen LogP contribution is -2.17. The van der Waals surface area contributed by atoms with E-state index in [2.05, 4.69) is 4.74 Å². The summed E-state index contributed by atoms with van der Waals surface area (Å²) in [5.41, 5.74) is 5.28. The summed E-state index contributed by atoms with van der Waals surface area (Å²) in [6, 6.07) is 5.71. The maximum absolute atomic E-state index is 13.0. The average Bonchev–Trinajstić information content (AvgIpc) is 2.10. The summed E-state index contributed by atoms with van der Waals surface area (Å²) in [6.07, 6.45) is -0.965. The second-order valence-electron chi connectivity index (χ2n) is 2.52. The number of ether oxygens (including phenoxy) is 1. The van der Waals surface area contributed by atoms with Crippen molar-refractivity contribution in [2.24, 2.45) is 5.73 Å². The van der Waals surface area contributed by atoms with Gasteiger partial charge >= 0.3 is 6.09 Å². The number of hydrogen-bond donors (Lipinski definition) is 1. The number of nitriles is 1. The minimum atomic E-state index is -1.09. The summed E-state index contributed by atoms with van der Waals surface area (Å²) in [5, 5.41) is 8.39. The molecular formula is C9H7FN2O2. The van der Waals surface area contributed by atoms with E-state index in [1.165, 1.54) is 12.1 Å². The highest BCUT2D eigenvalue weighted by molar-refractivity contribution is 5.68. The topological polar surface area (TPSA) is 76.1 Å². The van der Waals surface area contributed by atoms with E-state index in [1.807, 2.05) is 6.07 Å². The predicted molar refractivity (Wildman–Crippen MR) is 45.9 cm³/mol. The van der Waals surface area contributed by atoms with E-state index in [0.29, 0.717) is 5.56 Å². The summed E-state index contributed by atoms with van der Waals surface area (Å²) in [4.78, 5) is 10.4. The molecule has 0 heterocycles. The number of nitrogens with two attached hydrogens (primary N) is 1. The van der Waals surface area contributed by atoms with Crippen LogP contribution in [0.4, 0.5) is 9.18 Å². The fourth-order valence-corrected chi connectivity index (χ4v) is 0.936. The van der Waals surface area contributed by atoms with Crippen LogP contribution in [-0.4, -0.2) is 6.09 Å². The van der Waals surface area contributed by atoms with Crippen LogP contribution < -0.4 is 10.5 Å². The molecule has 0 aliphatic carbocycles. The molecule has 72 valence electrons. The van der Waals surface area contributed by atoms with Gasteiger partial charge in [-0.25, -0.2) is 9.18 Å². The molecule has 0 fully saturated rings. The lowest BCUT2D eigenvalue weighted by molar-refractivity contribution is 0.208. The maximum atomic E-state index is 13.0. The number of amides is 1. The first-order chi connectivity index (χ1) is 6.63. The number of halogens is 1. The van der Waals surface area contributed by atoms with Crippen LogP contribution in [0.2, 0.25) is 0 Å². The van der Waals surface area contributed by atoms with E-state index in [1.54, 1.807) is 0 Å². The number of rotatable bonds is 2. The first-order valence-electron chi connectivity index (χ1n) is 3.76. The minimum absolute atomic E-state index is 0.120. The highest BCUT2D eigenvalue weighted by Crippen LogP contribution is 2.18. The normalized spacial score (nSPS) is 9.14. The number of nitrogens with zero attached hydrogens (tertiary/aromatic N) is 1. The smallest absolute Gasteiger partial charge is 0.407 e. The third-order valence-electron chi connectivity index (χ3n) is 1.49. The molecule has 0 atom stereocenters. The van der Waals surface area contributed by atoms with E-state index >= 15 is 0 Å². The summed E-state index contributed by atoms with van der Waals surface area (Å²) in [6.45, 7) is 0. The molecule has 1 amide bonds. The van der Waals surface area contributed by atoms with Gasteiger partial charge in [-0.2, -0.15) is 5.26 Å². The van der Waals surface area contributed by atoms with Gasteiger partial charge in [-0.05, 0) is 17.7 Å². The zero-order valence-corrected chi connectivity index (χ0v) is 7.16. The molecule has 2 N–H and O–H groups in total. The van der Waals surface area contributed by atoms with Crippen LogP contribution in [0.1, 0.15) is 5.56 Å². The van der Waals surface area contributed by atoms with Crippen molar-refractivity contribution in [2.45, 2.75) is 6.42 Å². The number of carbonyl (C=O) groups excluding carboxylic acids is 1. The highest BCUT2D eigenvalue weighted by Gasteiger charge is 2.07. The van der Waals surface area contributed by atoms with Gasteiger partial charge in [0, 0.05) is 0 Å². The zero-order chi connectivity index (χ0) is 10.6. The number of primary amides is 1. The van der Waals surface area contributed by atoms with Crippen LogP contribution in [0.3, 0.4) is 0 Å². The molecule has 0 aliphatic rings. The van der Waals surface area contributed by atoms with Gasteiger partial charge in [0.05, 0.1) is 12.5 Å². The Morgan fingerprint density at radius 2 is 2.36 bits per heavy atom. The lowest BCUT2D eigenvalue weighted by Gasteiger charge is -2.03. The molecule has 0 unspecified atom stereocenters. The monoisotopic (exact) mass is 194 g/mol. The maximum Gasteiger partial charge on any atom is 0.410 e. The molecule has 1 aromatic carbocycles.